The lowest BCUT2D eigenvalue weighted by Crippen LogP contribution is -2.29. The number of unbranched alkanes of at least 4 members (excludes halogenated alkanes) is 1. The molecule has 1 nitrogen and oxygen atoms in total. The molecule has 1 heterocycles. The Kier molecular flexibility index (Phi) is 4.57. The van der Waals surface area contributed by atoms with Crippen LogP contribution >= 0.6 is 11.8 Å². The molecule has 1 saturated heterocycles. The van der Waals surface area contributed by atoms with Gasteiger partial charge in [-0.05, 0) is 19.4 Å². The molecule has 0 radical (unpaired) electrons. The molecular weight excluding hydrogens is 166 g/mol. The van der Waals surface area contributed by atoms with Crippen molar-refractivity contribution in [2.75, 3.05) is 12.3 Å². The van der Waals surface area contributed by atoms with E-state index in [1.165, 1.54) is 12.2 Å². The van der Waals surface area contributed by atoms with E-state index in [9.17, 15) is 0 Å². The van der Waals surface area contributed by atoms with Crippen LogP contribution in [0.2, 0.25) is 0 Å². The highest BCUT2D eigenvalue weighted by Crippen LogP contribution is 2.25. The van der Waals surface area contributed by atoms with Crippen LogP contribution in [0.25, 0.3) is 0 Å². The average molecular weight is 183 g/mol. The van der Waals surface area contributed by atoms with E-state index < -0.39 is 0 Å². The molecule has 0 spiro atoms. The lowest BCUT2D eigenvalue weighted by molar-refractivity contribution is 0.531. The lowest BCUT2D eigenvalue weighted by atomic mass is 10.2. The summed E-state index contributed by atoms with van der Waals surface area (Å²) in [5, 5.41) is 4.37. The van der Waals surface area contributed by atoms with Gasteiger partial charge in [-0.15, -0.1) is 12.3 Å². The molecule has 0 aromatic carbocycles. The third-order valence-corrected chi connectivity index (χ3v) is 3.49. The van der Waals surface area contributed by atoms with Gasteiger partial charge in [-0.3, -0.25) is 0 Å². The summed E-state index contributed by atoms with van der Waals surface area (Å²) in [4.78, 5) is 0. The van der Waals surface area contributed by atoms with Crippen molar-refractivity contribution in [2.24, 2.45) is 0 Å². The Hall–Kier alpha value is -0.130. The van der Waals surface area contributed by atoms with Crippen molar-refractivity contribution in [2.45, 2.75) is 37.5 Å². The largest absolute Gasteiger partial charge is 0.313 e. The number of terminal acetylenes is 1. The van der Waals surface area contributed by atoms with E-state index in [4.69, 9.17) is 6.42 Å². The lowest BCUT2D eigenvalue weighted by Gasteiger charge is -2.09. The second-order valence-electron chi connectivity index (χ2n) is 3.34. The van der Waals surface area contributed by atoms with Gasteiger partial charge in [0.25, 0.3) is 0 Å². The van der Waals surface area contributed by atoms with Crippen LogP contribution in [0.5, 0.6) is 0 Å². The van der Waals surface area contributed by atoms with Crippen molar-refractivity contribution in [1.82, 2.24) is 5.32 Å². The first-order valence-corrected chi connectivity index (χ1v) is 5.66. The van der Waals surface area contributed by atoms with Crippen molar-refractivity contribution >= 4 is 11.8 Å². The van der Waals surface area contributed by atoms with Gasteiger partial charge in [0.05, 0.1) is 0 Å². The van der Waals surface area contributed by atoms with Crippen molar-refractivity contribution in [3.05, 3.63) is 0 Å². The van der Waals surface area contributed by atoms with Crippen LogP contribution in [0.1, 0.15) is 26.2 Å². The van der Waals surface area contributed by atoms with Crippen molar-refractivity contribution in [3.8, 4) is 12.3 Å². The second kappa shape index (κ2) is 5.50. The molecule has 0 aliphatic carbocycles. The Balaban J connectivity index is 1.97. The Labute approximate surface area is 79.7 Å². The zero-order valence-corrected chi connectivity index (χ0v) is 8.49. The first-order valence-electron chi connectivity index (χ1n) is 4.61. The quantitative estimate of drug-likeness (QED) is 0.527. The van der Waals surface area contributed by atoms with E-state index in [0.717, 1.165) is 30.7 Å². The van der Waals surface area contributed by atoms with E-state index in [-0.39, 0.29) is 0 Å². The summed E-state index contributed by atoms with van der Waals surface area (Å²) in [7, 11) is 0. The Morgan fingerprint density at radius 2 is 2.50 bits per heavy atom. The fraction of sp³-hybridized carbons (Fsp3) is 0.800. The predicted molar refractivity (Wildman–Crippen MR) is 56.4 cm³/mol. The molecule has 0 aromatic rings. The zero-order valence-electron chi connectivity index (χ0n) is 7.68. The number of thioether (sulfide) groups is 1. The summed E-state index contributed by atoms with van der Waals surface area (Å²) in [5.41, 5.74) is 0. The molecular formula is C10H17NS. The molecule has 2 unspecified atom stereocenters. The van der Waals surface area contributed by atoms with E-state index in [0.29, 0.717) is 0 Å². The van der Waals surface area contributed by atoms with Gasteiger partial charge < -0.3 is 5.32 Å². The zero-order chi connectivity index (χ0) is 8.81. The standard InChI is InChI=1S/C10H17NS/c1-3-4-5-6-11-10-7-9(2)12-8-10/h1,9-11H,4-8H2,2H3. The van der Waals surface area contributed by atoms with Crippen LogP contribution < -0.4 is 5.32 Å². The van der Waals surface area contributed by atoms with Gasteiger partial charge in [-0.2, -0.15) is 11.8 Å². The van der Waals surface area contributed by atoms with Crippen LogP contribution in [0, 0.1) is 12.3 Å². The van der Waals surface area contributed by atoms with Crippen LogP contribution in [-0.2, 0) is 0 Å². The number of hydrogen-bond acceptors (Lipinski definition) is 2. The summed E-state index contributed by atoms with van der Waals surface area (Å²) in [6, 6.07) is 0.739. The van der Waals surface area contributed by atoms with E-state index >= 15 is 0 Å². The molecule has 0 saturated carbocycles. The van der Waals surface area contributed by atoms with Crippen LogP contribution in [-0.4, -0.2) is 23.6 Å². The second-order valence-corrected chi connectivity index (χ2v) is 4.81. The molecule has 1 aliphatic heterocycles. The molecule has 0 amide bonds. The summed E-state index contributed by atoms with van der Waals surface area (Å²) < 4.78 is 0. The number of hydrogen-bond donors (Lipinski definition) is 1. The first kappa shape index (κ1) is 9.95. The maximum Gasteiger partial charge on any atom is 0.0168 e. The smallest absolute Gasteiger partial charge is 0.0168 e. The number of nitrogens with one attached hydrogen (secondary N) is 1. The van der Waals surface area contributed by atoms with Crippen LogP contribution in [0.4, 0.5) is 0 Å². The minimum absolute atomic E-state index is 0.739. The summed E-state index contributed by atoms with van der Waals surface area (Å²) >= 11 is 2.07. The Morgan fingerprint density at radius 3 is 3.08 bits per heavy atom. The van der Waals surface area contributed by atoms with Gasteiger partial charge in [-0.1, -0.05) is 6.92 Å². The monoisotopic (exact) mass is 183 g/mol. The normalized spacial score (nSPS) is 28.7. The predicted octanol–water partition coefficient (Wildman–Crippen LogP) is 1.88. The van der Waals surface area contributed by atoms with Gasteiger partial charge in [0, 0.05) is 23.5 Å². The summed E-state index contributed by atoms with van der Waals surface area (Å²) in [6.07, 6.45) is 8.51. The molecule has 1 fully saturated rings. The van der Waals surface area contributed by atoms with Crippen molar-refractivity contribution in [3.63, 3.8) is 0 Å². The molecule has 68 valence electrons. The molecule has 12 heavy (non-hydrogen) atoms. The minimum atomic E-state index is 0.739. The topological polar surface area (TPSA) is 12.0 Å². The highest BCUT2D eigenvalue weighted by Gasteiger charge is 2.20. The molecule has 1 N–H and O–H groups in total. The van der Waals surface area contributed by atoms with Crippen molar-refractivity contribution in [1.29, 1.82) is 0 Å². The van der Waals surface area contributed by atoms with Gasteiger partial charge in [-0.25, -0.2) is 0 Å². The molecule has 2 heteroatoms. The van der Waals surface area contributed by atoms with Gasteiger partial charge in [0.1, 0.15) is 0 Å². The maximum atomic E-state index is 5.16. The Morgan fingerprint density at radius 1 is 1.67 bits per heavy atom. The number of rotatable bonds is 4. The molecule has 0 bridgehead atoms. The first-order chi connectivity index (χ1) is 5.83. The molecule has 1 aliphatic rings. The molecule has 2 atom stereocenters. The summed E-state index contributed by atoms with van der Waals surface area (Å²) in [6.45, 7) is 3.38. The van der Waals surface area contributed by atoms with E-state index in [1.807, 2.05) is 0 Å². The summed E-state index contributed by atoms with van der Waals surface area (Å²) in [5.74, 6) is 3.93. The van der Waals surface area contributed by atoms with Crippen LogP contribution in [0.15, 0.2) is 0 Å². The average Bonchev–Trinajstić information content (AvgIpc) is 2.45. The van der Waals surface area contributed by atoms with Gasteiger partial charge in [0.2, 0.25) is 0 Å². The highest BCUT2D eigenvalue weighted by molar-refractivity contribution is 8.00. The van der Waals surface area contributed by atoms with Gasteiger partial charge >= 0.3 is 0 Å². The van der Waals surface area contributed by atoms with E-state index in [1.54, 1.807) is 0 Å². The van der Waals surface area contributed by atoms with E-state index in [2.05, 4.69) is 29.9 Å². The highest BCUT2D eigenvalue weighted by atomic mass is 32.2. The fourth-order valence-electron chi connectivity index (χ4n) is 1.46. The Bertz CT molecular complexity index is 162. The van der Waals surface area contributed by atoms with Crippen LogP contribution in [0.3, 0.4) is 0 Å². The fourth-order valence-corrected chi connectivity index (χ4v) is 2.64. The minimum Gasteiger partial charge on any atom is -0.313 e. The van der Waals surface area contributed by atoms with Gasteiger partial charge in [0.15, 0.2) is 0 Å². The third kappa shape index (κ3) is 3.51. The van der Waals surface area contributed by atoms with Crippen molar-refractivity contribution < 1.29 is 0 Å². The third-order valence-electron chi connectivity index (χ3n) is 2.13. The SMILES string of the molecule is C#CCCCNC1CSC(C)C1. The molecule has 1 rings (SSSR count). The maximum absolute atomic E-state index is 5.16. The molecule has 0 aromatic heterocycles.